The second-order valence-electron chi connectivity index (χ2n) is 2.16. The van der Waals surface area contributed by atoms with Gasteiger partial charge in [-0.1, -0.05) is 12.1 Å². The van der Waals surface area contributed by atoms with E-state index in [0.717, 1.165) is 24.7 Å². The first kappa shape index (κ1) is 5.74. The van der Waals surface area contributed by atoms with E-state index in [9.17, 15) is 0 Å². The predicted octanol–water partition coefficient (Wildman–Crippen LogP) is 1.81. The zero-order chi connectivity index (χ0) is 6.81. The largest absolute Gasteiger partial charge is 0.450 e. The van der Waals surface area contributed by atoms with Crippen LogP contribution in [0.25, 0.3) is 0 Å². The third-order valence-electron chi connectivity index (χ3n) is 1.23. The van der Waals surface area contributed by atoms with Crippen molar-refractivity contribution >= 4 is 0 Å². The van der Waals surface area contributed by atoms with Crippen LogP contribution in [-0.2, 0) is 4.74 Å². The molecule has 2 nitrogen and oxygen atoms in total. The summed E-state index contributed by atoms with van der Waals surface area (Å²) >= 11 is 0. The number of hydrogen-bond acceptors (Lipinski definition) is 2. The Kier molecular flexibility index (Phi) is 1.32. The minimum Gasteiger partial charge on any atom is -0.450 e. The third kappa shape index (κ3) is 1.48. The molecule has 0 radical (unpaired) electrons. The van der Waals surface area contributed by atoms with E-state index in [2.05, 4.69) is 4.74 Å². The Morgan fingerprint density at radius 1 is 1.00 bits per heavy atom. The molecule has 1 saturated heterocycles. The van der Waals surface area contributed by atoms with Gasteiger partial charge >= 0.3 is 0 Å². The summed E-state index contributed by atoms with van der Waals surface area (Å²) < 4.78 is 9.44. The van der Waals surface area contributed by atoms with Crippen LogP contribution in [0.1, 0.15) is 0 Å². The van der Waals surface area contributed by atoms with Gasteiger partial charge in [-0.2, -0.15) is 0 Å². The van der Waals surface area contributed by atoms with Gasteiger partial charge in [0.05, 0.1) is 13.2 Å². The maximum absolute atomic E-state index is 4.94. The van der Waals surface area contributed by atoms with Gasteiger partial charge in [-0.15, -0.1) is 0 Å². The predicted molar refractivity (Wildman–Crippen MR) is 37.3 cm³/mol. The summed E-state index contributed by atoms with van der Waals surface area (Å²) in [6.45, 7) is 2.00. The lowest BCUT2D eigenvalue weighted by molar-refractivity contribution is 0.475. The van der Waals surface area contributed by atoms with Gasteiger partial charge < -0.3 is 9.47 Å². The first-order valence-electron chi connectivity index (χ1n) is 3.31. The van der Waals surface area contributed by atoms with Crippen LogP contribution in [0.2, 0.25) is 0 Å². The van der Waals surface area contributed by atoms with Gasteiger partial charge in [-0.25, -0.2) is 0 Å². The van der Waals surface area contributed by atoms with E-state index >= 15 is 0 Å². The van der Waals surface area contributed by atoms with Crippen LogP contribution in [0, 0.1) is 0 Å². The van der Waals surface area contributed by atoms with Crippen molar-refractivity contribution in [3.63, 3.8) is 0 Å². The number of rotatable bonds is 0. The van der Waals surface area contributed by atoms with E-state index in [1.807, 2.05) is 24.3 Å². The Hall–Kier alpha value is -1.02. The molecule has 0 bridgehead atoms. The lowest BCUT2D eigenvalue weighted by Gasteiger charge is -1.61. The van der Waals surface area contributed by atoms with Crippen molar-refractivity contribution in [2.24, 2.45) is 0 Å². The Morgan fingerprint density at radius 3 is 1.80 bits per heavy atom. The molecule has 2 heterocycles. The molecule has 52 valence electrons. The van der Waals surface area contributed by atoms with Gasteiger partial charge in [0.25, 0.3) is 0 Å². The van der Waals surface area contributed by atoms with E-state index < -0.39 is 0 Å². The molecule has 0 atom stereocenters. The van der Waals surface area contributed by atoms with Crippen molar-refractivity contribution in [1.29, 1.82) is 0 Å². The van der Waals surface area contributed by atoms with Gasteiger partial charge in [-0.3, -0.25) is 0 Å². The Bertz CT molecular complexity index is 207. The Labute approximate surface area is 59.4 Å². The Morgan fingerprint density at radius 2 is 1.50 bits per heavy atom. The molecule has 3 rings (SSSR count). The highest BCUT2D eigenvalue weighted by Crippen LogP contribution is 2.43. The molecule has 2 aliphatic rings. The van der Waals surface area contributed by atoms with Gasteiger partial charge in [0.2, 0.25) is 0 Å². The highest BCUT2D eigenvalue weighted by atomic mass is 16.6. The molecule has 0 amide bonds. The summed E-state index contributed by atoms with van der Waals surface area (Å²) in [5, 5.41) is 0. The van der Waals surface area contributed by atoms with E-state index in [0.29, 0.717) is 0 Å². The number of epoxide rings is 1. The third-order valence-corrected chi connectivity index (χ3v) is 1.23. The maximum Gasteiger partial charge on any atom is 0.170 e. The quantitative estimate of drug-likeness (QED) is 0.516. The van der Waals surface area contributed by atoms with Crippen molar-refractivity contribution in [3.8, 4) is 11.5 Å². The van der Waals surface area contributed by atoms with Crippen molar-refractivity contribution in [2.45, 2.75) is 0 Å². The molecule has 0 aliphatic carbocycles. The molecule has 0 saturated carbocycles. The van der Waals surface area contributed by atoms with Crippen LogP contribution >= 0.6 is 0 Å². The van der Waals surface area contributed by atoms with E-state index in [4.69, 9.17) is 4.74 Å². The molecule has 0 spiro atoms. The summed E-state index contributed by atoms with van der Waals surface area (Å²) in [4.78, 5) is 0. The number of hydrogen-bond donors (Lipinski definition) is 0. The fourth-order valence-electron chi connectivity index (χ4n) is 0.611. The maximum atomic E-state index is 4.94. The average molecular weight is 136 g/mol. The topological polar surface area (TPSA) is 25.1 Å². The highest BCUT2D eigenvalue weighted by Gasteiger charge is 2.15. The van der Waals surface area contributed by atoms with Crippen molar-refractivity contribution in [2.75, 3.05) is 13.2 Å². The van der Waals surface area contributed by atoms with Gasteiger partial charge in [0.15, 0.2) is 11.5 Å². The van der Waals surface area contributed by atoms with Crippen LogP contribution < -0.4 is 4.74 Å². The summed E-state index contributed by atoms with van der Waals surface area (Å²) in [5.41, 5.74) is 0. The number of ether oxygens (including phenoxy) is 2. The minimum absolute atomic E-state index is 1.00. The van der Waals surface area contributed by atoms with Crippen LogP contribution in [0.4, 0.5) is 0 Å². The standard InChI is InChI=1S/C6H4O.C2H4O/c1-2-4-6-5(3-1)7-6;1-2-3-1/h1-4H;1-2H2. The van der Waals surface area contributed by atoms with Crippen LogP contribution in [0.5, 0.6) is 11.5 Å². The fraction of sp³-hybridized carbons (Fsp3) is 0.250. The molecular weight excluding hydrogens is 128 g/mol. The van der Waals surface area contributed by atoms with E-state index in [1.165, 1.54) is 0 Å². The Balaban J connectivity index is 0.000000113. The summed E-state index contributed by atoms with van der Waals surface area (Å²) in [6, 6.07) is 7.84. The second kappa shape index (κ2) is 2.31. The molecule has 1 aromatic carbocycles. The highest BCUT2D eigenvalue weighted by molar-refractivity contribution is 5.53. The van der Waals surface area contributed by atoms with Gasteiger partial charge in [0.1, 0.15) is 0 Å². The zero-order valence-electron chi connectivity index (χ0n) is 5.54. The summed E-state index contributed by atoms with van der Waals surface area (Å²) in [6.07, 6.45) is 0. The normalized spacial score (nSPS) is 15.6. The van der Waals surface area contributed by atoms with Crippen molar-refractivity contribution in [3.05, 3.63) is 24.3 Å². The molecule has 0 N–H and O–H groups in total. The monoisotopic (exact) mass is 136 g/mol. The fourth-order valence-corrected chi connectivity index (χ4v) is 0.611. The summed E-state index contributed by atoms with van der Waals surface area (Å²) in [5.74, 6) is 2.06. The molecule has 10 heavy (non-hydrogen) atoms. The molecule has 2 aliphatic heterocycles. The van der Waals surface area contributed by atoms with Gasteiger partial charge in [-0.05, 0) is 12.1 Å². The number of fused-ring (bicyclic) bond motifs is 1. The first-order chi connectivity index (χ1) is 4.97. The average Bonchev–Trinajstić information content (AvgIpc) is 2.86. The molecule has 1 aromatic rings. The molecular formula is C8H8O2. The van der Waals surface area contributed by atoms with E-state index in [1.54, 1.807) is 0 Å². The molecule has 1 fully saturated rings. The van der Waals surface area contributed by atoms with Crippen LogP contribution in [0.15, 0.2) is 24.3 Å². The molecule has 0 unspecified atom stereocenters. The molecule has 2 heteroatoms. The lowest BCUT2D eigenvalue weighted by Crippen LogP contribution is -1.37. The lowest BCUT2D eigenvalue weighted by atomic mass is 10.4. The first-order valence-corrected chi connectivity index (χ1v) is 3.31. The number of para-hydroxylation sites is 2. The number of benzene rings is 1. The minimum atomic E-state index is 1.00. The summed E-state index contributed by atoms with van der Waals surface area (Å²) in [7, 11) is 0. The SMILES string of the molecule is C1CO1.c1ccc2c(c1)O2. The van der Waals surface area contributed by atoms with Crippen LogP contribution in [-0.4, -0.2) is 13.2 Å². The smallest absolute Gasteiger partial charge is 0.170 e. The van der Waals surface area contributed by atoms with E-state index in [-0.39, 0.29) is 0 Å². The zero-order valence-corrected chi connectivity index (χ0v) is 5.54. The van der Waals surface area contributed by atoms with Crippen molar-refractivity contribution < 1.29 is 9.47 Å². The van der Waals surface area contributed by atoms with Crippen molar-refractivity contribution in [1.82, 2.24) is 0 Å². The molecule has 0 aromatic heterocycles. The second-order valence-corrected chi connectivity index (χ2v) is 2.16. The van der Waals surface area contributed by atoms with Crippen LogP contribution in [0.3, 0.4) is 0 Å². The van der Waals surface area contributed by atoms with Gasteiger partial charge in [0, 0.05) is 0 Å².